The quantitative estimate of drug-likeness (QED) is 0.678. The molecule has 2 aromatic rings. The van der Waals surface area contributed by atoms with Crippen LogP contribution in [0.25, 0.3) is 0 Å². The summed E-state index contributed by atoms with van der Waals surface area (Å²) in [6, 6.07) is 9.96. The van der Waals surface area contributed by atoms with Crippen LogP contribution in [0, 0.1) is 0 Å². The fourth-order valence-electron chi connectivity index (χ4n) is 3.96. The van der Waals surface area contributed by atoms with Gasteiger partial charge in [-0.05, 0) is 48.7 Å². The van der Waals surface area contributed by atoms with Crippen molar-refractivity contribution in [2.45, 2.75) is 43.2 Å². The number of ether oxygens (including phenoxy) is 1. The van der Waals surface area contributed by atoms with Gasteiger partial charge in [0.05, 0.1) is 18.1 Å². The maximum absolute atomic E-state index is 12.7. The number of morpholine rings is 1. The Bertz CT molecular complexity index is 1020. The van der Waals surface area contributed by atoms with Gasteiger partial charge in [0.2, 0.25) is 10.0 Å². The summed E-state index contributed by atoms with van der Waals surface area (Å²) < 4.78 is 33.5. The molecule has 2 heterocycles. The van der Waals surface area contributed by atoms with E-state index in [1.54, 1.807) is 18.3 Å². The lowest BCUT2D eigenvalue weighted by Crippen LogP contribution is -2.36. The summed E-state index contributed by atoms with van der Waals surface area (Å²) in [5.74, 6) is 0.545. The minimum atomic E-state index is -3.64. The molecule has 2 fully saturated rings. The minimum absolute atomic E-state index is 0.0187. The molecule has 0 spiro atoms. The van der Waals surface area contributed by atoms with Crippen molar-refractivity contribution in [3.63, 3.8) is 0 Å². The van der Waals surface area contributed by atoms with Gasteiger partial charge in [0, 0.05) is 37.4 Å². The molecule has 1 aliphatic heterocycles. The van der Waals surface area contributed by atoms with Crippen molar-refractivity contribution in [3.8, 4) is 0 Å². The molecule has 1 aromatic heterocycles. The SMILES string of the molecule is O=C(NCc1ccnc(N2CCOCC2)c1)c1cccc(S(=O)(=O)NC2CCCC2)c1. The second-order valence-electron chi connectivity index (χ2n) is 7.93. The number of aromatic nitrogens is 1. The molecule has 0 radical (unpaired) electrons. The van der Waals surface area contributed by atoms with E-state index in [0.717, 1.165) is 50.2 Å². The predicted octanol–water partition coefficient (Wildman–Crippen LogP) is 2.07. The third kappa shape index (κ3) is 5.61. The van der Waals surface area contributed by atoms with E-state index in [1.807, 2.05) is 12.1 Å². The molecule has 0 atom stereocenters. The number of hydrogen-bond donors (Lipinski definition) is 2. The van der Waals surface area contributed by atoms with Crippen molar-refractivity contribution < 1.29 is 17.9 Å². The molecule has 1 saturated heterocycles. The molecule has 2 N–H and O–H groups in total. The van der Waals surface area contributed by atoms with Crippen LogP contribution in [-0.2, 0) is 21.3 Å². The van der Waals surface area contributed by atoms with Crippen LogP contribution in [0.15, 0.2) is 47.5 Å². The average Bonchev–Trinajstić information content (AvgIpc) is 3.31. The van der Waals surface area contributed by atoms with Crippen LogP contribution in [0.1, 0.15) is 41.6 Å². The highest BCUT2D eigenvalue weighted by Crippen LogP contribution is 2.21. The zero-order chi connectivity index (χ0) is 21.7. The lowest BCUT2D eigenvalue weighted by atomic mass is 10.2. The highest BCUT2D eigenvalue weighted by atomic mass is 32.2. The third-order valence-electron chi connectivity index (χ3n) is 5.68. The first-order chi connectivity index (χ1) is 15.0. The van der Waals surface area contributed by atoms with Gasteiger partial charge < -0.3 is 15.0 Å². The van der Waals surface area contributed by atoms with E-state index in [0.29, 0.717) is 25.3 Å². The predicted molar refractivity (Wildman–Crippen MR) is 117 cm³/mol. The van der Waals surface area contributed by atoms with E-state index in [-0.39, 0.29) is 16.8 Å². The summed E-state index contributed by atoms with van der Waals surface area (Å²) in [5, 5.41) is 2.87. The molecular weight excluding hydrogens is 416 g/mol. The second kappa shape index (κ2) is 9.76. The van der Waals surface area contributed by atoms with Gasteiger partial charge in [-0.3, -0.25) is 4.79 Å². The number of nitrogens with one attached hydrogen (secondary N) is 2. The summed E-state index contributed by atoms with van der Waals surface area (Å²) in [7, 11) is -3.64. The lowest BCUT2D eigenvalue weighted by molar-refractivity contribution is 0.0950. The van der Waals surface area contributed by atoms with Crippen molar-refractivity contribution in [1.82, 2.24) is 15.0 Å². The Labute approximate surface area is 183 Å². The first-order valence-corrected chi connectivity index (χ1v) is 12.2. The summed E-state index contributed by atoms with van der Waals surface area (Å²) in [4.78, 5) is 19.3. The summed E-state index contributed by atoms with van der Waals surface area (Å²) in [6.07, 6.45) is 5.53. The van der Waals surface area contributed by atoms with Crippen molar-refractivity contribution >= 4 is 21.7 Å². The molecule has 9 heteroatoms. The molecule has 1 aliphatic carbocycles. The number of rotatable bonds is 7. The molecule has 166 valence electrons. The average molecular weight is 445 g/mol. The first-order valence-electron chi connectivity index (χ1n) is 10.7. The standard InChI is InChI=1S/C22H28N4O4S/c27-22(24-16-17-8-9-23-21(14-17)26-10-12-30-13-11-26)18-4-3-7-20(15-18)31(28,29)25-19-5-1-2-6-19/h3-4,7-9,14-15,19,25H,1-2,5-6,10-13,16H2,(H,24,27). The number of amides is 1. The number of carbonyl (C=O) groups is 1. The number of hydrogen-bond acceptors (Lipinski definition) is 6. The fourth-order valence-corrected chi connectivity index (χ4v) is 5.31. The Balaban J connectivity index is 1.39. The number of anilines is 1. The number of pyridine rings is 1. The van der Waals surface area contributed by atoms with Gasteiger partial charge in [-0.25, -0.2) is 18.1 Å². The van der Waals surface area contributed by atoms with Crippen LogP contribution in [0.3, 0.4) is 0 Å². The van der Waals surface area contributed by atoms with Gasteiger partial charge in [0.15, 0.2) is 0 Å². The maximum atomic E-state index is 12.7. The van der Waals surface area contributed by atoms with Gasteiger partial charge in [0.1, 0.15) is 5.82 Å². The fraction of sp³-hybridized carbons (Fsp3) is 0.455. The molecule has 2 aliphatic rings. The van der Waals surface area contributed by atoms with E-state index in [4.69, 9.17) is 4.74 Å². The van der Waals surface area contributed by atoms with Gasteiger partial charge in [-0.15, -0.1) is 0 Å². The lowest BCUT2D eigenvalue weighted by Gasteiger charge is -2.28. The molecule has 8 nitrogen and oxygen atoms in total. The molecule has 31 heavy (non-hydrogen) atoms. The smallest absolute Gasteiger partial charge is 0.251 e. The van der Waals surface area contributed by atoms with Gasteiger partial charge >= 0.3 is 0 Å². The largest absolute Gasteiger partial charge is 0.378 e. The van der Waals surface area contributed by atoms with E-state index in [9.17, 15) is 13.2 Å². The summed E-state index contributed by atoms with van der Waals surface area (Å²) >= 11 is 0. The monoisotopic (exact) mass is 444 g/mol. The Kier molecular flexibility index (Phi) is 6.84. The molecule has 1 saturated carbocycles. The van der Waals surface area contributed by atoms with Crippen molar-refractivity contribution in [2.24, 2.45) is 0 Å². The topological polar surface area (TPSA) is 101 Å². The minimum Gasteiger partial charge on any atom is -0.378 e. The molecular formula is C22H28N4O4S. The van der Waals surface area contributed by atoms with Crippen LogP contribution in [0.2, 0.25) is 0 Å². The molecule has 1 aromatic carbocycles. The van der Waals surface area contributed by atoms with Gasteiger partial charge in [0.25, 0.3) is 5.91 Å². The van der Waals surface area contributed by atoms with Gasteiger partial charge in [-0.2, -0.15) is 0 Å². The number of nitrogens with zero attached hydrogens (tertiary/aromatic N) is 2. The molecule has 0 unspecified atom stereocenters. The van der Waals surface area contributed by atoms with Crippen molar-refractivity contribution in [1.29, 1.82) is 0 Å². The van der Waals surface area contributed by atoms with Crippen LogP contribution in [-0.4, -0.2) is 51.7 Å². The third-order valence-corrected chi connectivity index (χ3v) is 7.20. The zero-order valence-electron chi connectivity index (χ0n) is 17.4. The van der Waals surface area contributed by atoms with Crippen LogP contribution in [0.5, 0.6) is 0 Å². The number of sulfonamides is 1. The van der Waals surface area contributed by atoms with Gasteiger partial charge in [-0.1, -0.05) is 18.9 Å². The van der Waals surface area contributed by atoms with E-state index in [2.05, 4.69) is 19.9 Å². The van der Waals surface area contributed by atoms with Crippen molar-refractivity contribution in [3.05, 3.63) is 53.7 Å². The normalized spacial score (nSPS) is 17.6. The number of carbonyl (C=O) groups excluding carboxylic acids is 1. The molecule has 4 rings (SSSR count). The molecule has 1 amide bonds. The molecule has 0 bridgehead atoms. The maximum Gasteiger partial charge on any atom is 0.251 e. The Morgan fingerprint density at radius 2 is 1.90 bits per heavy atom. The van der Waals surface area contributed by atoms with Crippen LogP contribution < -0.4 is 14.9 Å². The van der Waals surface area contributed by atoms with E-state index >= 15 is 0 Å². The summed E-state index contributed by atoms with van der Waals surface area (Å²) in [5.41, 5.74) is 1.24. The second-order valence-corrected chi connectivity index (χ2v) is 9.65. The van der Waals surface area contributed by atoms with Crippen molar-refractivity contribution in [2.75, 3.05) is 31.2 Å². The Hall–Kier alpha value is -2.49. The summed E-state index contributed by atoms with van der Waals surface area (Å²) in [6.45, 7) is 3.27. The Morgan fingerprint density at radius 1 is 1.13 bits per heavy atom. The zero-order valence-corrected chi connectivity index (χ0v) is 18.2. The number of benzene rings is 1. The first kappa shape index (κ1) is 21.7. The highest BCUT2D eigenvalue weighted by Gasteiger charge is 2.23. The Morgan fingerprint density at radius 3 is 2.68 bits per heavy atom. The van der Waals surface area contributed by atoms with Crippen LogP contribution >= 0.6 is 0 Å². The highest BCUT2D eigenvalue weighted by molar-refractivity contribution is 7.89. The van der Waals surface area contributed by atoms with E-state index < -0.39 is 10.0 Å². The van der Waals surface area contributed by atoms with E-state index in [1.165, 1.54) is 12.1 Å². The van der Waals surface area contributed by atoms with Crippen LogP contribution in [0.4, 0.5) is 5.82 Å².